The van der Waals surface area contributed by atoms with Crippen LogP contribution in [0.2, 0.25) is 0 Å². The Morgan fingerprint density at radius 3 is 2.50 bits per heavy atom. The van der Waals surface area contributed by atoms with Crippen molar-refractivity contribution in [2.45, 2.75) is 13.5 Å². The van der Waals surface area contributed by atoms with Crippen LogP contribution in [-0.4, -0.2) is 27.7 Å². The van der Waals surface area contributed by atoms with Gasteiger partial charge in [0.05, 0.1) is 30.5 Å². The van der Waals surface area contributed by atoms with Crippen molar-refractivity contribution in [2.75, 3.05) is 7.11 Å². The maximum absolute atomic E-state index is 13.5. The summed E-state index contributed by atoms with van der Waals surface area (Å²) < 4.78 is 12.9. The number of aliphatic imine (C=N–C) groups is 1. The van der Waals surface area contributed by atoms with Crippen molar-refractivity contribution in [1.82, 2.24) is 9.47 Å². The van der Waals surface area contributed by atoms with Gasteiger partial charge in [-0.15, -0.1) is 0 Å². The lowest BCUT2D eigenvalue weighted by Crippen LogP contribution is -2.28. The second kappa shape index (κ2) is 9.49. The minimum Gasteiger partial charge on any atom is -0.497 e. The Hall–Kier alpha value is -3.97. The number of amidine groups is 1. The van der Waals surface area contributed by atoms with Crippen LogP contribution in [0.5, 0.6) is 5.75 Å². The van der Waals surface area contributed by atoms with Crippen molar-refractivity contribution >= 4 is 34.6 Å². The van der Waals surface area contributed by atoms with Gasteiger partial charge in [0, 0.05) is 17.1 Å². The molecule has 0 saturated carbocycles. The number of furan rings is 1. The lowest BCUT2D eigenvalue weighted by atomic mass is 10.3. The molecule has 1 fully saturated rings. The van der Waals surface area contributed by atoms with E-state index in [0.717, 1.165) is 28.5 Å². The van der Waals surface area contributed by atoms with E-state index in [1.165, 1.54) is 11.8 Å². The largest absolute Gasteiger partial charge is 0.497 e. The van der Waals surface area contributed by atoms with Crippen LogP contribution in [0.3, 0.4) is 0 Å². The molecule has 0 radical (unpaired) electrons. The molecule has 170 valence electrons. The highest BCUT2D eigenvalue weighted by Crippen LogP contribution is 2.36. The zero-order valence-electron chi connectivity index (χ0n) is 18.8. The quantitative estimate of drug-likeness (QED) is 0.316. The number of nitrogens with zero attached hydrogens (tertiary/aromatic N) is 3. The van der Waals surface area contributed by atoms with Crippen molar-refractivity contribution in [3.8, 4) is 11.4 Å². The molecule has 34 heavy (non-hydrogen) atoms. The van der Waals surface area contributed by atoms with Gasteiger partial charge in [-0.1, -0.05) is 18.2 Å². The van der Waals surface area contributed by atoms with Crippen molar-refractivity contribution in [3.05, 3.63) is 107 Å². The van der Waals surface area contributed by atoms with Crippen molar-refractivity contribution in [3.63, 3.8) is 0 Å². The Morgan fingerprint density at radius 1 is 1.00 bits per heavy atom. The van der Waals surface area contributed by atoms with Crippen LogP contribution in [-0.2, 0) is 11.3 Å². The second-order valence-electron chi connectivity index (χ2n) is 7.74. The summed E-state index contributed by atoms with van der Waals surface area (Å²) in [6, 6.07) is 25.3. The summed E-state index contributed by atoms with van der Waals surface area (Å²) in [6.07, 6.45) is 3.54. The van der Waals surface area contributed by atoms with Gasteiger partial charge in [-0.3, -0.25) is 9.69 Å². The maximum atomic E-state index is 13.5. The highest BCUT2D eigenvalue weighted by atomic mass is 32.2. The number of ether oxygens (including phenoxy) is 1. The van der Waals surface area contributed by atoms with E-state index in [4.69, 9.17) is 14.1 Å². The Morgan fingerprint density at radius 2 is 1.79 bits per heavy atom. The first-order valence-electron chi connectivity index (χ1n) is 10.8. The number of carbonyl (C=O) groups is 1. The number of methoxy groups -OCH3 is 1. The lowest BCUT2D eigenvalue weighted by Gasteiger charge is -2.14. The molecule has 1 saturated heterocycles. The number of amides is 1. The zero-order valence-corrected chi connectivity index (χ0v) is 19.7. The first-order chi connectivity index (χ1) is 16.6. The van der Waals surface area contributed by atoms with E-state index in [2.05, 4.69) is 29.7 Å². The van der Waals surface area contributed by atoms with Crippen molar-refractivity contribution in [2.24, 2.45) is 4.99 Å². The Kier molecular flexibility index (Phi) is 6.10. The van der Waals surface area contributed by atoms with Crippen molar-refractivity contribution < 1.29 is 13.9 Å². The summed E-state index contributed by atoms with van der Waals surface area (Å²) in [5.74, 6) is 1.34. The average Bonchev–Trinajstić information content (AvgIpc) is 3.57. The van der Waals surface area contributed by atoms with Gasteiger partial charge in [-0.2, -0.15) is 0 Å². The summed E-state index contributed by atoms with van der Waals surface area (Å²) in [5.41, 5.74) is 3.81. The third-order valence-electron chi connectivity index (χ3n) is 5.48. The van der Waals surface area contributed by atoms with Crippen molar-refractivity contribution in [1.29, 1.82) is 0 Å². The Bertz CT molecular complexity index is 1350. The molecule has 1 aliphatic heterocycles. The number of hydrogen-bond acceptors (Lipinski definition) is 5. The van der Waals surface area contributed by atoms with Crippen LogP contribution in [0.1, 0.15) is 17.1 Å². The van der Waals surface area contributed by atoms with Gasteiger partial charge in [0.1, 0.15) is 11.5 Å². The normalized spacial score (nSPS) is 16.1. The zero-order chi connectivity index (χ0) is 23.5. The first kappa shape index (κ1) is 21.9. The fraction of sp³-hybridized carbons (Fsp3) is 0.111. The molecule has 0 N–H and O–H groups in total. The molecule has 0 spiro atoms. The van der Waals surface area contributed by atoms with E-state index >= 15 is 0 Å². The molecular weight excluding hydrogens is 446 g/mol. The number of carbonyl (C=O) groups excluding carboxylic acids is 1. The molecule has 0 bridgehead atoms. The topological polar surface area (TPSA) is 60.0 Å². The Labute approximate surface area is 202 Å². The number of thioether (sulfide) groups is 1. The van der Waals surface area contributed by atoms with Gasteiger partial charge in [-0.05, 0) is 85.4 Å². The third kappa shape index (κ3) is 4.43. The molecule has 2 aromatic heterocycles. The van der Waals surface area contributed by atoms with E-state index in [1.54, 1.807) is 18.3 Å². The molecular formula is C27H23N3O3S. The fourth-order valence-corrected chi connectivity index (χ4v) is 4.77. The smallest absolute Gasteiger partial charge is 0.267 e. The average molecular weight is 470 g/mol. The number of hydrogen-bond donors (Lipinski definition) is 0. The predicted octanol–water partition coefficient (Wildman–Crippen LogP) is 6.19. The van der Waals surface area contributed by atoms with Crippen LogP contribution >= 0.6 is 11.8 Å². The van der Waals surface area contributed by atoms with Gasteiger partial charge < -0.3 is 13.7 Å². The highest BCUT2D eigenvalue weighted by molar-refractivity contribution is 8.18. The number of rotatable bonds is 6. The minimum atomic E-state index is -0.105. The molecule has 0 aliphatic carbocycles. The Balaban J connectivity index is 1.52. The third-order valence-corrected chi connectivity index (χ3v) is 6.49. The van der Waals surface area contributed by atoms with Gasteiger partial charge >= 0.3 is 0 Å². The molecule has 1 aliphatic rings. The van der Waals surface area contributed by atoms with Gasteiger partial charge in [0.2, 0.25) is 0 Å². The van der Waals surface area contributed by atoms with Crippen LogP contribution in [0, 0.1) is 6.92 Å². The predicted molar refractivity (Wildman–Crippen MR) is 135 cm³/mol. The lowest BCUT2D eigenvalue weighted by molar-refractivity contribution is -0.122. The summed E-state index contributed by atoms with van der Waals surface area (Å²) in [6.45, 7) is 2.36. The molecule has 4 aromatic rings. The monoisotopic (exact) mass is 469 g/mol. The molecule has 1 amide bonds. The molecule has 3 heterocycles. The molecule has 0 unspecified atom stereocenters. The minimum absolute atomic E-state index is 0.105. The van der Waals surface area contributed by atoms with Crippen LogP contribution in [0.4, 0.5) is 5.69 Å². The summed E-state index contributed by atoms with van der Waals surface area (Å²) >= 11 is 1.36. The SMILES string of the molecule is COc1ccc(N=C2S/C(=C\c3ccc(C)n3-c3ccccc3)C(=O)N2Cc2ccco2)cc1. The molecule has 5 rings (SSSR count). The molecule has 0 atom stereocenters. The number of benzene rings is 2. The second-order valence-corrected chi connectivity index (χ2v) is 8.75. The number of aryl methyl sites for hydroxylation is 1. The van der Waals surface area contributed by atoms with Gasteiger partial charge in [0.15, 0.2) is 5.17 Å². The summed E-state index contributed by atoms with van der Waals surface area (Å²) in [5, 5.41) is 0.604. The van der Waals surface area contributed by atoms with E-state index in [-0.39, 0.29) is 5.91 Å². The summed E-state index contributed by atoms with van der Waals surface area (Å²) in [7, 11) is 1.63. The summed E-state index contributed by atoms with van der Waals surface area (Å²) in [4.78, 5) is 20.5. The molecule has 2 aromatic carbocycles. The number of aromatic nitrogens is 1. The van der Waals surface area contributed by atoms with Crippen LogP contribution in [0.15, 0.2) is 99.4 Å². The molecule has 7 heteroatoms. The highest BCUT2D eigenvalue weighted by Gasteiger charge is 2.34. The van der Waals surface area contributed by atoms with E-state index < -0.39 is 0 Å². The van der Waals surface area contributed by atoms with E-state index in [0.29, 0.717) is 22.4 Å². The maximum Gasteiger partial charge on any atom is 0.267 e. The van der Waals surface area contributed by atoms with Crippen LogP contribution < -0.4 is 4.74 Å². The van der Waals surface area contributed by atoms with E-state index in [9.17, 15) is 4.79 Å². The van der Waals surface area contributed by atoms with Gasteiger partial charge in [-0.25, -0.2) is 4.99 Å². The standard InChI is InChI=1S/C27H23N3O3S/c1-19-10-13-22(30(19)21-7-4-3-5-8-21)17-25-26(31)29(18-24-9-6-16-33-24)27(34-25)28-20-11-14-23(32-2)15-12-20/h3-17H,18H2,1-2H3/b25-17-,28-27?. The van der Waals surface area contributed by atoms with E-state index in [1.807, 2.05) is 66.7 Å². The molecule has 6 nitrogen and oxygen atoms in total. The van der Waals surface area contributed by atoms with Crippen LogP contribution in [0.25, 0.3) is 11.8 Å². The number of para-hydroxylation sites is 1. The first-order valence-corrected chi connectivity index (χ1v) is 11.6. The van der Waals surface area contributed by atoms with Gasteiger partial charge in [0.25, 0.3) is 5.91 Å². The fourth-order valence-electron chi connectivity index (χ4n) is 3.79.